The quantitative estimate of drug-likeness (QED) is 0.635. The first-order valence-corrected chi connectivity index (χ1v) is 14.1. The second-order valence-electron chi connectivity index (χ2n) is 11.4. The average molecular weight is 503 g/mol. The van der Waals surface area contributed by atoms with Crippen molar-refractivity contribution < 1.29 is 9.59 Å². The third-order valence-corrected chi connectivity index (χ3v) is 8.95. The molecule has 6 heteroatoms. The van der Waals surface area contributed by atoms with Gasteiger partial charge in [-0.05, 0) is 43.4 Å². The summed E-state index contributed by atoms with van der Waals surface area (Å²) in [4.78, 5) is 33.8. The highest BCUT2D eigenvalue weighted by molar-refractivity contribution is 5.94. The van der Waals surface area contributed by atoms with Crippen molar-refractivity contribution in [2.45, 2.75) is 77.2 Å². The van der Waals surface area contributed by atoms with E-state index in [1.165, 1.54) is 5.56 Å². The zero-order valence-electron chi connectivity index (χ0n) is 22.7. The fourth-order valence-corrected chi connectivity index (χ4v) is 6.45. The molecule has 1 N–H and O–H groups in total. The molecule has 3 aliphatic rings. The Kier molecular flexibility index (Phi) is 7.68. The molecule has 2 atom stereocenters. The van der Waals surface area contributed by atoms with Gasteiger partial charge in [-0.25, -0.2) is 0 Å². The number of carbonyl (C=O) groups is 2. The summed E-state index contributed by atoms with van der Waals surface area (Å²) < 4.78 is 0. The van der Waals surface area contributed by atoms with Gasteiger partial charge in [0.1, 0.15) is 0 Å². The van der Waals surface area contributed by atoms with Crippen molar-refractivity contribution in [2.75, 3.05) is 26.2 Å². The Balaban J connectivity index is 1.28. The van der Waals surface area contributed by atoms with Crippen LogP contribution in [0, 0.1) is 12.8 Å². The second-order valence-corrected chi connectivity index (χ2v) is 11.4. The van der Waals surface area contributed by atoms with Crippen LogP contribution in [0.5, 0.6) is 0 Å². The van der Waals surface area contributed by atoms with Gasteiger partial charge in [0.25, 0.3) is 5.91 Å². The Morgan fingerprint density at radius 2 is 1.65 bits per heavy atom. The summed E-state index contributed by atoms with van der Waals surface area (Å²) in [6, 6.07) is 18.6. The van der Waals surface area contributed by atoms with Crippen LogP contribution in [-0.4, -0.2) is 70.4 Å². The molecule has 2 amide bonds. The smallest absolute Gasteiger partial charge is 0.253 e. The lowest BCUT2D eigenvalue weighted by Crippen LogP contribution is -2.63. The van der Waals surface area contributed by atoms with Crippen molar-refractivity contribution in [2.24, 2.45) is 5.92 Å². The number of rotatable bonds is 6. The van der Waals surface area contributed by atoms with Crippen LogP contribution in [0.1, 0.15) is 67.4 Å². The largest absolute Gasteiger partial charge is 0.338 e. The van der Waals surface area contributed by atoms with Crippen LogP contribution in [0.4, 0.5) is 0 Å². The van der Waals surface area contributed by atoms with Crippen LogP contribution in [0.25, 0.3) is 0 Å². The van der Waals surface area contributed by atoms with Crippen LogP contribution in [-0.2, 0) is 11.3 Å². The van der Waals surface area contributed by atoms with Crippen molar-refractivity contribution in [1.82, 2.24) is 20.0 Å². The molecule has 0 saturated carbocycles. The van der Waals surface area contributed by atoms with Gasteiger partial charge in [-0.15, -0.1) is 0 Å². The molecule has 0 radical (unpaired) electrons. The summed E-state index contributed by atoms with van der Waals surface area (Å²) in [7, 11) is 0. The van der Waals surface area contributed by atoms with Gasteiger partial charge in [-0.2, -0.15) is 0 Å². The normalized spacial score (nSPS) is 23.5. The topological polar surface area (TPSA) is 55.9 Å². The first-order valence-electron chi connectivity index (χ1n) is 14.1. The van der Waals surface area contributed by atoms with E-state index in [0.717, 1.165) is 62.9 Å². The summed E-state index contributed by atoms with van der Waals surface area (Å²) in [5, 5.41) is 3.84. The van der Waals surface area contributed by atoms with E-state index in [0.29, 0.717) is 19.0 Å². The molecule has 3 heterocycles. The molecule has 198 valence electrons. The minimum absolute atomic E-state index is 0.0958. The minimum Gasteiger partial charge on any atom is -0.338 e. The highest BCUT2D eigenvalue weighted by atomic mass is 16.2. The van der Waals surface area contributed by atoms with Gasteiger partial charge in [-0.3, -0.25) is 19.8 Å². The molecule has 3 fully saturated rings. The number of hydrogen-bond acceptors (Lipinski definition) is 4. The molecule has 0 unspecified atom stereocenters. The lowest BCUT2D eigenvalue weighted by atomic mass is 9.91. The van der Waals surface area contributed by atoms with Crippen molar-refractivity contribution in [3.63, 3.8) is 0 Å². The highest BCUT2D eigenvalue weighted by Gasteiger charge is 2.55. The van der Waals surface area contributed by atoms with E-state index >= 15 is 0 Å². The third kappa shape index (κ3) is 5.32. The predicted octanol–water partition coefficient (Wildman–Crippen LogP) is 4.44. The van der Waals surface area contributed by atoms with Gasteiger partial charge in [0.15, 0.2) is 0 Å². The summed E-state index contributed by atoms with van der Waals surface area (Å²) >= 11 is 0. The van der Waals surface area contributed by atoms with Gasteiger partial charge >= 0.3 is 0 Å². The second kappa shape index (κ2) is 11.0. The van der Waals surface area contributed by atoms with Crippen LogP contribution in [0.15, 0.2) is 54.6 Å². The first-order chi connectivity index (χ1) is 17.9. The van der Waals surface area contributed by atoms with Crippen LogP contribution >= 0.6 is 0 Å². The van der Waals surface area contributed by atoms with E-state index in [1.54, 1.807) is 0 Å². The fraction of sp³-hybridized carbons (Fsp3) is 0.548. The zero-order valence-corrected chi connectivity index (χ0v) is 22.7. The molecule has 3 aliphatic heterocycles. The molecule has 0 aliphatic carbocycles. The van der Waals surface area contributed by atoms with Gasteiger partial charge in [-0.1, -0.05) is 68.3 Å². The molecular weight excluding hydrogens is 460 g/mol. The molecule has 6 nitrogen and oxygen atoms in total. The predicted molar refractivity (Wildman–Crippen MR) is 147 cm³/mol. The number of benzene rings is 2. The van der Waals surface area contributed by atoms with Crippen molar-refractivity contribution in [3.05, 3.63) is 71.3 Å². The number of nitrogens with one attached hydrogen (secondary N) is 1. The lowest BCUT2D eigenvalue weighted by Gasteiger charge is -2.49. The van der Waals surface area contributed by atoms with E-state index in [4.69, 9.17) is 0 Å². The number of amides is 2. The molecular formula is C31H42N4O2. The SMILES string of the molecule is CC[C@@H](C)[C@H]1NC2(CCN(C(=O)c3ccc(C)cc3)CC2)N(C2CCN(Cc3ccccc3)CC2)C1=O. The number of carbonyl (C=O) groups excluding carboxylic acids is 2. The average Bonchev–Trinajstić information content (AvgIpc) is 3.21. The summed E-state index contributed by atoms with van der Waals surface area (Å²) in [6.07, 6.45) is 4.55. The summed E-state index contributed by atoms with van der Waals surface area (Å²) in [5.41, 5.74) is 2.90. The maximum atomic E-state index is 13.9. The lowest BCUT2D eigenvalue weighted by molar-refractivity contribution is -0.138. The van der Waals surface area contributed by atoms with E-state index in [-0.39, 0.29) is 29.6 Å². The monoisotopic (exact) mass is 502 g/mol. The number of piperidine rings is 2. The third-order valence-electron chi connectivity index (χ3n) is 8.95. The molecule has 1 spiro atoms. The van der Waals surface area contributed by atoms with Gasteiger partial charge in [0, 0.05) is 57.2 Å². The zero-order chi connectivity index (χ0) is 26.0. The Bertz CT molecular complexity index is 1070. The number of likely N-dealkylation sites (tertiary alicyclic amines) is 2. The maximum Gasteiger partial charge on any atom is 0.253 e. The highest BCUT2D eigenvalue weighted by Crippen LogP contribution is 2.39. The Labute approximate surface area is 222 Å². The first kappa shape index (κ1) is 25.9. The number of nitrogens with zero attached hydrogens (tertiary/aromatic N) is 3. The van der Waals surface area contributed by atoms with Gasteiger partial charge in [0.05, 0.1) is 11.7 Å². The number of aryl methyl sites for hydroxylation is 1. The standard InChI is InChI=1S/C31H42N4O2/c1-4-24(3)28-30(37)35(27-14-18-33(19-15-27)22-25-8-6-5-7-9-25)31(32-28)16-20-34(21-17-31)29(36)26-12-10-23(2)11-13-26/h5-13,24,27-28,32H,4,14-22H2,1-3H3/t24-,28-/m1/s1. The van der Waals surface area contributed by atoms with Crippen molar-refractivity contribution in [3.8, 4) is 0 Å². The summed E-state index contributed by atoms with van der Waals surface area (Å²) in [5.74, 6) is 0.660. The van der Waals surface area contributed by atoms with E-state index in [2.05, 4.69) is 59.3 Å². The Hall–Kier alpha value is -2.70. The van der Waals surface area contributed by atoms with E-state index < -0.39 is 0 Å². The minimum atomic E-state index is -0.346. The van der Waals surface area contributed by atoms with E-state index in [9.17, 15) is 9.59 Å². The summed E-state index contributed by atoms with van der Waals surface area (Å²) in [6.45, 7) is 10.7. The Morgan fingerprint density at radius 1 is 1.00 bits per heavy atom. The van der Waals surface area contributed by atoms with Crippen molar-refractivity contribution in [1.29, 1.82) is 0 Å². The van der Waals surface area contributed by atoms with Gasteiger partial charge in [0.2, 0.25) is 5.91 Å². The molecule has 0 bridgehead atoms. The molecule has 3 saturated heterocycles. The molecule has 5 rings (SSSR count). The Morgan fingerprint density at radius 3 is 2.27 bits per heavy atom. The fourth-order valence-electron chi connectivity index (χ4n) is 6.45. The van der Waals surface area contributed by atoms with Crippen LogP contribution in [0.3, 0.4) is 0 Å². The van der Waals surface area contributed by atoms with Crippen LogP contribution < -0.4 is 5.32 Å². The van der Waals surface area contributed by atoms with Crippen molar-refractivity contribution >= 4 is 11.8 Å². The van der Waals surface area contributed by atoms with Gasteiger partial charge < -0.3 is 9.80 Å². The van der Waals surface area contributed by atoms with Crippen LogP contribution in [0.2, 0.25) is 0 Å². The molecule has 0 aromatic heterocycles. The number of hydrogen-bond donors (Lipinski definition) is 1. The molecule has 2 aromatic carbocycles. The molecule has 2 aromatic rings. The maximum absolute atomic E-state index is 13.9. The van der Waals surface area contributed by atoms with E-state index in [1.807, 2.05) is 36.1 Å². The molecule has 37 heavy (non-hydrogen) atoms.